The number of fused-ring (bicyclic) bond motifs is 1. The van der Waals surface area contributed by atoms with Crippen LogP contribution in [0.5, 0.6) is 0 Å². The van der Waals surface area contributed by atoms with Gasteiger partial charge in [0, 0.05) is 22.7 Å². The van der Waals surface area contributed by atoms with E-state index in [1.807, 2.05) is 13.1 Å². The van der Waals surface area contributed by atoms with Gasteiger partial charge in [-0.3, -0.25) is 0 Å². The van der Waals surface area contributed by atoms with Gasteiger partial charge in [0.25, 0.3) is 0 Å². The van der Waals surface area contributed by atoms with Gasteiger partial charge in [-0.05, 0) is 32.0 Å². The van der Waals surface area contributed by atoms with E-state index in [1.54, 1.807) is 17.7 Å². The second-order valence-electron chi connectivity index (χ2n) is 5.24. The van der Waals surface area contributed by atoms with Gasteiger partial charge < -0.3 is 5.32 Å². The lowest BCUT2D eigenvalue weighted by molar-refractivity contribution is 0.586. The molecule has 0 radical (unpaired) electrons. The Balaban J connectivity index is 2.01. The van der Waals surface area contributed by atoms with E-state index in [0.717, 1.165) is 16.9 Å². The Labute approximate surface area is 129 Å². The van der Waals surface area contributed by atoms with Crippen molar-refractivity contribution in [1.82, 2.24) is 15.3 Å². The number of aryl methyl sites for hydroxylation is 2. The number of likely N-dealkylation sites (N-methyl/N-ethyl adjacent to an activating group) is 1. The van der Waals surface area contributed by atoms with Crippen LogP contribution in [-0.4, -0.2) is 17.0 Å². The van der Waals surface area contributed by atoms with Gasteiger partial charge in [0.2, 0.25) is 0 Å². The third kappa shape index (κ3) is 2.69. The van der Waals surface area contributed by atoms with Crippen molar-refractivity contribution in [2.24, 2.45) is 0 Å². The normalized spacial score (nSPS) is 12.7. The molecular formula is C17H19N3S. The van der Waals surface area contributed by atoms with Crippen molar-refractivity contribution >= 4 is 21.6 Å². The smallest absolute Gasteiger partial charge is 0.127 e. The van der Waals surface area contributed by atoms with E-state index >= 15 is 0 Å². The summed E-state index contributed by atoms with van der Waals surface area (Å²) in [6.07, 6.45) is 2.56. The number of hydrogen-bond acceptors (Lipinski definition) is 4. The molecule has 0 fully saturated rings. The molecule has 108 valence electrons. The third-order valence-electron chi connectivity index (χ3n) is 3.99. The Bertz CT molecular complexity index is 749. The standard InChI is InChI=1S/C17H19N3S/c1-11-12(2)21-17-16(11)15(19-10-20-17)9-14(18-3)13-7-5-4-6-8-13/h4-8,10,14,18H,9H2,1-3H3. The molecule has 0 aliphatic heterocycles. The molecule has 3 rings (SSSR count). The van der Waals surface area contributed by atoms with E-state index < -0.39 is 0 Å². The summed E-state index contributed by atoms with van der Waals surface area (Å²) < 4.78 is 0. The highest BCUT2D eigenvalue weighted by Gasteiger charge is 2.16. The molecule has 0 bridgehead atoms. The molecule has 1 aromatic carbocycles. The van der Waals surface area contributed by atoms with Gasteiger partial charge in [-0.15, -0.1) is 11.3 Å². The van der Waals surface area contributed by atoms with E-state index in [2.05, 4.69) is 53.4 Å². The van der Waals surface area contributed by atoms with E-state index in [0.29, 0.717) is 0 Å². The summed E-state index contributed by atoms with van der Waals surface area (Å²) >= 11 is 1.75. The zero-order chi connectivity index (χ0) is 14.8. The molecule has 0 aliphatic carbocycles. The Morgan fingerprint density at radius 2 is 1.90 bits per heavy atom. The summed E-state index contributed by atoms with van der Waals surface area (Å²) in [4.78, 5) is 11.4. The van der Waals surface area contributed by atoms with Crippen LogP contribution in [0.1, 0.15) is 27.7 Å². The minimum absolute atomic E-state index is 0.268. The van der Waals surface area contributed by atoms with Crippen LogP contribution in [0.3, 0.4) is 0 Å². The molecule has 0 saturated heterocycles. The van der Waals surface area contributed by atoms with E-state index in [-0.39, 0.29) is 6.04 Å². The molecule has 2 aromatic heterocycles. The summed E-state index contributed by atoms with van der Waals surface area (Å²) in [6, 6.07) is 10.8. The van der Waals surface area contributed by atoms with Crippen LogP contribution < -0.4 is 5.32 Å². The molecule has 0 saturated carbocycles. The Hall–Kier alpha value is -1.78. The van der Waals surface area contributed by atoms with Crippen LogP contribution >= 0.6 is 11.3 Å². The highest BCUT2D eigenvalue weighted by Crippen LogP contribution is 2.31. The number of benzene rings is 1. The first-order valence-corrected chi connectivity index (χ1v) is 7.94. The summed E-state index contributed by atoms with van der Waals surface area (Å²) in [5.74, 6) is 0. The molecular weight excluding hydrogens is 278 g/mol. The fourth-order valence-electron chi connectivity index (χ4n) is 2.68. The van der Waals surface area contributed by atoms with Crippen molar-refractivity contribution in [2.45, 2.75) is 26.3 Å². The lowest BCUT2D eigenvalue weighted by Gasteiger charge is -2.16. The van der Waals surface area contributed by atoms with Crippen LogP contribution in [0.25, 0.3) is 10.2 Å². The number of nitrogens with zero attached hydrogens (tertiary/aromatic N) is 2. The Morgan fingerprint density at radius 1 is 1.14 bits per heavy atom. The molecule has 1 atom stereocenters. The topological polar surface area (TPSA) is 37.8 Å². The number of rotatable bonds is 4. The Kier molecular flexibility index (Phi) is 3.99. The largest absolute Gasteiger partial charge is 0.313 e. The van der Waals surface area contributed by atoms with Gasteiger partial charge in [-0.2, -0.15) is 0 Å². The lowest BCUT2D eigenvalue weighted by atomic mass is 10.00. The zero-order valence-corrected chi connectivity index (χ0v) is 13.4. The second-order valence-corrected chi connectivity index (χ2v) is 6.44. The lowest BCUT2D eigenvalue weighted by Crippen LogP contribution is -2.19. The molecule has 0 amide bonds. The van der Waals surface area contributed by atoms with E-state index in [1.165, 1.54) is 21.4 Å². The first kappa shape index (κ1) is 14.2. The maximum absolute atomic E-state index is 4.55. The molecule has 3 nitrogen and oxygen atoms in total. The average Bonchev–Trinajstić information content (AvgIpc) is 2.81. The number of hydrogen-bond donors (Lipinski definition) is 1. The molecule has 1 unspecified atom stereocenters. The maximum atomic E-state index is 4.55. The predicted octanol–water partition coefficient (Wildman–Crippen LogP) is 3.81. The zero-order valence-electron chi connectivity index (χ0n) is 12.6. The molecule has 4 heteroatoms. The summed E-state index contributed by atoms with van der Waals surface area (Å²) in [5, 5.41) is 4.63. The minimum Gasteiger partial charge on any atom is -0.313 e. The average molecular weight is 297 g/mol. The number of nitrogens with one attached hydrogen (secondary N) is 1. The number of aromatic nitrogens is 2. The highest BCUT2D eigenvalue weighted by atomic mass is 32.1. The van der Waals surface area contributed by atoms with Crippen LogP contribution in [0.4, 0.5) is 0 Å². The SMILES string of the molecule is CNC(Cc1ncnc2sc(C)c(C)c12)c1ccccc1. The van der Waals surface area contributed by atoms with Crippen LogP contribution in [0.15, 0.2) is 36.7 Å². The molecule has 2 heterocycles. The first-order chi connectivity index (χ1) is 10.2. The van der Waals surface area contributed by atoms with Gasteiger partial charge in [0.1, 0.15) is 11.2 Å². The summed E-state index contributed by atoms with van der Waals surface area (Å²) in [7, 11) is 2.00. The van der Waals surface area contributed by atoms with Gasteiger partial charge in [0.15, 0.2) is 0 Å². The monoisotopic (exact) mass is 297 g/mol. The minimum atomic E-state index is 0.268. The van der Waals surface area contributed by atoms with Gasteiger partial charge in [0.05, 0.1) is 5.69 Å². The van der Waals surface area contributed by atoms with Crippen LogP contribution in [0.2, 0.25) is 0 Å². The first-order valence-electron chi connectivity index (χ1n) is 7.12. The van der Waals surface area contributed by atoms with Crippen molar-refractivity contribution < 1.29 is 0 Å². The second kappa shape index (κ2) is 5.92. The van der Waals surface area contributed by atoms with Gasteiger partial charge >= 0.3 is 0 Å². The molecule has 3 aromatic rings. The number of thiophene rings is 1. The van der Waals surface area contributed by atoms with E-state index in [4.69, 9.17) is 0 Å². The summed E-state index contributed by atoms with van der Waals surface area (Å²) in [5.41, 5.74) is 3.73. The molecule has 21 heavy (non-hydrogen) atoms. The maximum Gasteiger partial charge on any atom is 0.127 e. The molecule has 0 spiro atoms. The quantitative estimate of drug-likeness (QED) is 0.795. The Morgan fingerprint density at radius 3 is 2.62 bits per heavy atom. The van der Waals surface area contributed by atoms with Crippen LogP contribution in [0, 0.1) is 13.8 Å². The fourth-order valence-corrected chi connectivity index (χ4v) is 3.69. The third-order valence-corrected chi connectivity index (χ3v) is 5.11. The van der Waals surface area contributed by atoms with Crippen LogP contribution in [-0.2, 0) is 6.42 Å². The van der Waals surface area contributed by atoms with Crippen molar-refractivity contribution in [3.8, 4) is 0 Å². The highest BCUT2D eigenvalue weighted by molar-refractivity contribution is 7.18. The fraction of sp³-hybridized carbons (Fsp3) is 0.294. The van der Waals surface area contributed by atoms with E-state index in [9.17, 15) is 0 Å². The van der Waals surface area contributed by atoms with Gasteiger partial charge in [-0.25, -0.2) is 9.97 Å². The molecule has 0 aliphatic rings. The molecule has 1 N–H and O–H groups in total. The van der Waals surface area contributed by atoms with Crippen molar-refractivity contribution in [3.05, 3.63) is 58.4 Å². The van der Waals surface area contributed by atoms with Crippen molar-refractivity contribution in [1.29, 1.82) is 0 Å². The summed E-state index contributed by atoms with van der Waals surface area (Å²) in [6.45, 7) is 4.32. The van der Waals surface area contributed by atoms with Crippen molar-refractivity contribution in [3.63, 3.8) is 0 Å². The van der Waals surface area contributed by atoms with Crippen molar-refractivity contribution in [2.75, 3.05) is 7.05 Å². The van der Waals surface area contributed by atoms with Gasteiger partial charge in [-0.1, -0.05) is 30.3 Å². The predicted molar refractivity (Wildman–Crippen MR) is 88.8 cm³/mol.